The molecule has 0 fully saturated rings. The van der Waals surface area contributed by atoms with Crippen molar-refractivity contribution >= 4 is 11.6 Å². The first-order valence-electron chi connectivity index (χ1n) is 7.90. The fourth-order valence-electron chi connectivity index (χ4n) is 2.15. The third-order valence-electron chi connectivity index (χ3n) is 4.13. The minimum absolute atomic E-state index is 0.0471. The Morgan fingerprint density at radius 2 is 1.87 bits per heavy atom. The number of nitrogens with zero attached hydrogens (tertiary/aromatic N) is 1. The lowest BCUT2D eigenvalue weighted by Crippen LogP contribution is -2.42. The summed E-state index contributed by atoms with van der Waals surface area (Å²) in [5.41, 5.74) is 3.38. The van der Waals surface area contributed by atoms with Gasteiger partial charge in [0.15, 0.2) is 0 Å². The Balaban J connectivity index is 1.98. The van der Waals surface area contributed by atoms with Crippen LogP contribution in [0, 0.1) is 13.8 Å². The van der Waals surface area contributed by atoms with E-state index in [4.69, 9.17) is 4.52 Å². The van der Waals surface area contributed by atoms with Gasteiger partial charge in [0.1, 0.15) is 5.76 Å². The number of nitrogens with one attached hydrogen (secondary N) is 2. The lowest BCUT2D eigenvalue weighted by molar-refractivity contribution is 0.0911. The summed E-state index contributed by atoms with van der Waals surface area (Å²) in [6, 6.07) is 7.48. The molecular formula is C18H25N3O2. The Morgan fingerprint density at radius 1 is 1.22 bits per heavy atom. The molecule has 0 atom stereocenters. The number of aromatic nitrogens is 1. The molecule has 1 aromatic heterocycles. The predicted octanol–water partition coefficient (Wildman–Crippen LogP) is 3.82. The molecule has 0 spiro atoms. The molecular weight excluding hydrogens is 290 g/mol. The molecule has 1 amide bonds. The second kappa shape index (κ2) is 6.86. The van der Waals surface area contributed by atoms with Crippen LogP contribution in [-0.4, -0.2) is 16.6 Å². The number of rotatable bonds is 6. The molecule has 2 N–H and O–H groups in total. The minimum atomic E-state index is -0.197. The summed E-state index contributed by atoms with van der Waals surface area (Å²) in [7, 11) is 0. The Hall–Kier alpha value is -2.30. The molecule has 124 valence electrons. The van der Waals surface area contributed by atoms with Crippen molar-refractivity contribution in [1.29, 1.82) is 0 Å². The maximum absolute atomic E-state index is 12.2. The van der Waals surface area contributed by atoms with Crippen molar-refractivity contribution in [3.63, 3.8) is 0 Å². The zero-order chi connectivity index (χ0) is 17.0. The van der Waals surface area contributed by atoms with E-state index in [9.17, 15) is 4.79 Å². The Labute approximate surface area is 137 Å². The summed E-state index contributed by atoms with van der Waals surface area (Å²) in [6.45, 7) is 10.6. The number of hydrogen-bond donors (Lipinski definition) is 2. The highest BCUT2D eigenvalue weighted by Crippen LogP contribution is 2.16. The Kier molecular flexibility index (Phi) is 5.08. The van der Waals surface area contributed by atoms with Crippen LogP contribution in [-0.2, 0) is 6.54 Å². The number of carbonyl (C=O) groups excluding carboxylic acids is 1. The van der Waals surface area contributed by atoms with Crippen LogP contribution in [0.3, 0.4) is 0 Å². The molecule has 0 aliphatic heterocycles. The molecule has 2 rings (SSSR count). The molecule has 0 saturated carbocycles. The van der Waals surface area contributed by atoms with E-state index in [2.05, 4.69) is 22.7 Å². The van der Waals surface area contributed by atoms with E-state index in [1.807, 2.05) is 52.0 Å². The van der Waals surface area contributed by atoms with Gasteiger partial charge in [-0.15, -0.1) is 0 Å². The number of amides is 1. The van der Waals surface area contributed by atoms with Gasteiger partial charge >= 0.3 is 0 Å². The first-order valence-corrected chi connectivity index (χ1v) is 7.90. The van der Waals surface area contributed by atoms with Gasteiger partial charge in [-0.05, 0) is 58.4 Å². The molecule has 5 nitrogen and oxygen atoms in total. The molecule has 0 unspecified atom stereocenters. The van der Waals surface area contributed by atoms with Crippen molar-refractivity contribution in [2.45, 2.75) is 53.1 Å². The highest BCUT2D eigenvalue weighted by atomic mass is 16.5. The van der Waals surface area contributed by atoms with Crippen LogP contribution in [0.1, 0.15) is 54.6 Å². The van der Waals surface area contributed by atoms with E-state index in [0.29, 0.717) is 12.1 Å². The third kappa shape index (κ3) is 4.34. The van der Waals surface area contributed by atoms with E-state index >= 15 is 0 Å². The fraction of sp³-hybridized carbons (Fsp3) is 0.444. The zero-order valence-corrected chi connectivity index (χ0v) is 14.5. The van der Waals surface area contributed by atoms with Gasteiger partial charge < -0.3 is 15.2 Å². The highest BCUT2D eigenvalue weighted by molar-refractivity contribution is 5.95. The molecule has 23 heavy (non-hydrogen) atoms. The van der Waals surface area contributed by atoms with Crippen molar-refractivity contribution < 1.29 is 9.32 Å². The second-order valence-corrected chi connectivity index (χ2v) is 6.43. The topological polar surface area (TPSA) is 67.2 Å². The van der Waals surface area contributed by atoms with Gasteiger partial charge in [0.25, 0.3) is 5.91 Å². The summed E-state index contributed by atoms with van der Waals surface area (Å²) in [5, 5.41) is 10.3. The van der Waals surface area contributed by atoms with E-state index in [1.54, 1.807) is 0 Å². The first kappa shape index (κ1) is 17.1. The smallest absolute Gasteiger partial charge is 0.251 e. The second-order valence-electron chi connectivity index (χ2n) is 6.43. The molecule has 5 heteroatoms. The van der Waals surface area contributed by atoms with Crippen molar-refractivity contribution in [2.24, 2.45) is 0 Å². The van der Waals surface area contributed by atoms with Crippen molar-refractivity contribution in [1.82, 2.24) is 10.5 Å². The minimum Gasteiger partial charge on any atom is -0.381 e. The zero-order valence-electron chi connectivity index (χ0n) is 14.5. The predicted molar refractivity (Wildman–Crippen MR) is 91.6 cm³/mol. The van der Waals surface area contributed by atoms with Crippen LogP contribution in [0.5, 0.6) is 0 Å². The number of carbonyl (C=O) groups is 1. The van der Waals surface area contributed by atoms with Crippen LogP contribution < -0.4 is 10.6 Å². The highest BCUT2D eigenvalue weighted by Gasteiger charge is 2.18. The lowest BCUT2D eigenvalue weighted by Gasteiger charge is -2.24. The molecule has 1 heterocycles. The average molecular weight is 315 g/mol. The fourth-order valence-corrected chi connectivity index (χ4v) is 2.15. The number of hydrogen-bond acceptors (Lipinski definition) is 4. The molecule has 0 saturated heterocycles. The monoisotopic (exact) mass is 315 g/mol. The summed E-state index contributed by atoms with van der Waals surface area (Å²) in [6.07, 6.45) is 0.885. The van der Waals surface area contributed by atoms with Crippen molar-refractivity contribution in [2.75, 3.05) is 5.32 Å². The average Bonchev–Trinajstić information content (AvgIpc) is 2.84. The molecule has 2 aromatic rings. The first-order chi connectivity index (χ1) is 10.8. The standard InChI is InChI=1S/C18H25N3O2/c1-6-18(4,5)20-17(22)14-7-9-15(10-8-14)19-11-16-12(2)21-23-13(16)3/h7-10,19H,6,11H2,1-5H3,(H,20,22). The normalized spacial score (nSPS) is 11.3. The Morgan fingerprint density at radius 3 is 2.39 bits per heavy atom. The van der Waals surface area contributed by atoms with E-state index in [0.717, 1.165) is 29.1 Å². The van der Waals surface area contributed by atoms with Crippen LogP contribution in [0.25, 0.3) is 0 Å². The summed E-state index contributed by atoms with van der Waals surface area (Å²) in [4.78, 5) is 12.2. The molecule has 1 aromatic carbocycles. The SMILES string of the molecule is CCC(C)(C)NC(=O)c1ccc(NCc2c(C)noc2C)cc1. The maximum Gasteiger partial charge on any atom is 0.251 e. The third-order valence-corrected chi connectivity index (χ3v) is 4.13. The molecule has 0 aliphatic rings. The summed E-state index contributed by atoms with van der Waals surface area (Å²) in [5.74, 6) is 0.780. The van der Waals surface area contributed by atoms with E-state index in [-0.39, 0.29) is 11.4 Å². The van der Waals surface area contributed by atoms with E-state index < -0.39 is 0 Å². The van der Waals surface area contributed by atoms with Gasteiger partial charge in [-0.1, -0.05) is 12.1 Å². The quantitative estimate of drug-likeness (QED) is 0.850. The van der Waals surface area contributed by atoms with Gasteiger partial charge in [-0.2, -0.15) is 0 Å². The van der Waals surface area contributed by atoms with E-state index in [1.165, 1.54) is 0 Å². The van der Waals surface area contributed by atoms with Gasteiger partial charge in [0, 0.05) is 28.9 Å². The largest absolute Gasteiger partial charge is 0.381 e. The Bertz CT molecular complexity index is 653. The summed E-state index contributed by atoms with van der Waals surface area (Å²) < 4.78 is 5.15. The van der Waals surface area contributed by atoms with Gasteiger partial charge in [-0.3, -0.25) is 4.79 Å². The molecule has 0 bridgehead atoms. The van der Waals surface area contributed by atoms with Gasteiger partial charge in [-0.25, -0.2) is 0 Å². The van der Waals surface area contributed by atoms with Crippen LogP contribution in [0.15, 0.2) is 28.8 Å². The molecule has 0 radical (unpaired) electrons. The number of benzene rings is 1. The van der Waals surface area contributed by atoms with Gasteiger partial charge in [0.05, 0.1) is 5.69 Å². The molecule has 0 aliphatic carbocycles. The lowest BCUT2D eigenvalue weighted by atomic mass is 10.0. The van der Waals surface area contributed by atoms with Crippen LogP contribution in [0.2, 0.25) is 0 Å². The van der Waals surface area contributed by atoms with Crippen LogP contribution >= 0.6 is 0 Å². The van der Waals surface area contributed by atoms with Gasteiger partial charge in [0.2, 0.25) is 0 Å². The van der Waals surface area contributed by atoms with Crippen LogP contribution in [0.4, 0.5) is 5.69 Å². The number of anilines is 1. The number of aryl methyl sites for hydroxylation is 2. The van der Waals surface area contributed by atoms with Crippen molar-refractivity contribution in [3.05, 3.63) is 46.8 Å². The summed E-state index contributed by atoms with van der Waals surface area (Å²) >= 11 is 0. The van der Waals surface area contributed by atoms with Crippen molar-refractivity contribution in [3.8, 4) is 0 Å². The maximum atomic E-state index is 12.2.